The van der Waals surface area contributed by atoms with Gasteiger partial charge in [-0.1, -0.05) is 24.3 Å². The fraction of sp³-hybridized carbons (Fsp3) is 0.211. The van der Waals surface area contributed by atoms with Crippen LogP contribution in [-0.2, 0) is 6.54 Å². The van der Waals surface area contributed by atoms with Crippen LogP contribution >= 0.6 is 12.2 Å². The van der Waals surface area contributed by atoms with Crippen molar-refractivity contribution in [2.75, 3.05) is 11.9 Å². The average Bonchev–Trinajstić information content (AvgIpc) is 2.59. The summed E-state index contributed by atoms with van der Waals surface area (Å²) in [5.74, 6) is 0.596. The molecule has 1 aromatic heterocycles. The fourth-order valence-electron chi connectivity index (χ4n) is 2.64. The number of H-pyrrole nitrogens is 1. The fourth-order valence-corrected chi connectivity index (χ4v) is 2.95. The molecular formula is C19H20N4OS. The van der Waals surface area contributed by atoms with E-state index in [9.17, 15) is 4.79 Å². The lowest BCUT2D eigenvalue weighted by atomic mass is 10.2. The first-order valence-electron chi connectivity index (χ1n) is 8.17. The van der Waals surface area contributed by atoms with E-state index in [1.54, 1.807) is 6.07 Å². The van der Waals surface area contributed by atoms with Gasteiger partial charge in [0.1, 0.15) is 5.82 Å². The smallest absolute Gasteiger partial charge is 0.258 e. The van der Waals surface area contributed by atoms with E-state index in [4.69, 9.17) is 12.2 Å². The maximum absolute atomic E-state index is 12.2. The van der Waals surface area contributed by atoms with Crippen LogP contribution in [0, 0.1) is 6.92 Å². The van der Waals surface area contributed by atoms with Crippen LogP contribution in [0.15, 0.2) is 53.3 Å². The van der Waals surface area contributed by atoms with Crippen molar-refractivity contribution in [1.82, 2.24) is 14.9 Å². The predicted molar refractivity (Wildman–Crippen MR) is 106 cm³/mol. The summed E-state index contributed by atoms with van der Waals surface area (Å²) in [5.41, 5.74) is 2.67. The van der Waals surface area contributed by atoms with Crippen LogP contribution in [0.5, 0.6) is 0 Å². The molecule has 0 atom stereocenters. The summed E-state index contributed by atoms with van der Waals surface area (Å²) in [6, 6.07) is 15.4. The van der Waals surface area contributed by atoms with Gasteiger partial charge in [0.05, 0.1) is 17.4 Å². The number of rotatable bonds is 4. The largest absolute Gasteiger partial charge is 0.342 e. The van der Waals surface area contributed by atoms with Gasteiger partial charge in [-0.2, -0.15) is 0 Å². The van der Waals surface area contributed by atoms with Crippen LogP contribution in [-0.4, -0.2) is 26.5 Å². The van der Waals surface area contributed by atoms with Gasteiger partial charge < -0.3 is 15.2 Å². The van der Waals surface area contributed by atoms with Crippen molar-refractivity contribution < 1.29 is 0 Å². The summed E-state index contributed by atoms with van der Waals surface area (Å²) in [5, 5.41) is 4.44. The standard InChI is InChI=1S/C19H20N4OS/c1-3-23(19(25)20-14-8-6-7-13(2)11-14)12-17-21-16-10-5-4-9-15(16)18(24)22-17/h4-11H,3,12H2,1-2H3,(H,20,25)(H,21,22,24). The lowest BCUT2D eigenvalue weighted by molar-refractivity contribution is 0.429. The molecule has 3 aromatic rings. The number of fused-ring (bicyclic) bond motifs is 1. The predicted octanol–water partition coefficient (Wildman–Crippen LogP) is 3.45. The lowest BCUT2D eigenvalue weighted by Crippen LogP contribution is -2.35. The number of hydrogen-bond acceptors (Lipinski definition) is 3. The molecule has 0 spiro atoms. The molecule has 2 N–H and O–H groups in total. The quantitative estimate of drug-likeness (QED) is 0.704. The molecule has 0 radical (unpaired) electrons. The second kappa shape index (κ2) is 7.44. The number of nitrogens with one attached hydrogen (secondary N) is 2. The molecular weight excluding hydrogens is 332 g/mol. The molecule has 0 unspecified atom stereocenters. The molecule has 0 saturated heterocycles. The third-order valence-corrected chi connectivity index (χ3v) is 4.30. The molecule has 1 heterocycles. The van der Waals surface area contributed by atoms with Gasteiger partial charge in [-0.15, -0.1) is 0 Å². The van der Waals surface area contributed by atoms with Crippen LogP contribution in [0.25, 0.3) is 10.9 Å². The summed E-state index contributed by atoms with van der Waals surface area (Å²) in [6.45, 7) is 5.20. The Balaban J connectivity index is 1.80. The molecule has 0 aliphatic rings. The van der Waals surface area contributed by atoms with Crippen LogP contribution < -0.4 is 10.9 Å². The van der Waals surface area contributed by atoms with E-state index in [0.29, 0.717) is 34.9 Å². The molecule has 2 aromatic carbocycles. The number of aromatic nitrogens is 2. The minimum atomic E-state index is -0.130. The van der Waals surface area contributed by atoms with Crippen LogP contribution in [0.4, 0.5) is 5.69 Å². The van der Waals surface area contributed by atoms with Crippen molar-refractivity contribution in [3.05, 3.63) is 70.3 Å². The zero-order valence-corrected chi connectivity index (χ0v) is 15.1. The number of hydrogen-bond donors (Lipinski definition) is 2. The average molecular weight is 352 g/mol. The van der Waals surface area contributed by atoms with Gasteiger partial charge in [0, 0.05) is 12.2 Å². The second-order valence-corrected chi connectivity index (χ2v) is 6.23. The number of benzene rings is 2. The van der Waals surface area contributed by atoms with Crippen molar-refractivity contribution in [2.24, 2.45) is 0 Å². The van der Waals surface area contributed by atoms with Gasteiger partial charge in [0.25, 0.3) is 5.56 Å². The summed E-state index contributed by atoms with van der Waals surface area (Å²) >= 11 is 5.52. The van der Waals surface area contributed by atoms with Crippen molar-refractivity contribution in [1.29, 1.82) is 0 Å². The van der Waals surface area contributed by atoms with Crippen LogP contribution in [0.2, 0.25) is 0 Å². The van der Waals surface area contributed by atoms with Crippen molar-refractivity contribution in [3.63, 3.8) is 0 Å². The number of aryl methyl sites for hydroxylation is 1. The first kappa shape index (κ1) is 17.1. The number of anilines is 1. The van der Waals surface area contributed by atoms with E-state index in [1.807, 2.05) is 61.2 Å². The molecule has 0 aliphatic carbocycles. The number of para-hydroxylation sites is 1. The maximum atomic E-state index is 12.2. The van der Waals surface area contributed by atoms with Crippen molar-refractivity contribution in [3.8, 4) is 0 Å². The second-order valence-electron chi connectivity index (χ2n) is 5.84. The normalized spacial score (nSPS) is 10.6. The van der Waals surface area contributed by atoms with Crippen LogP contribution in [0.1, 0.15) is 18.3 Å². The Kier molecular flexibility index (Phi) is 5.09. The third kappa shape index (κ3) is 4.03. The zero-order chi connectivity index (χ0) is 17.8. The zero-order valence-electron chi connectivity index (χ0n) is 14.2. The van der Waals surface area contributed by atoms with Gasteiger partial charge in [-0.3, -0.25) is 4.79 Å². The van der Waals surface area contributed by atoms with E-state index >= 15 is 0 Å². The highest BCUT2D eigenvalue weighted by Gasteiger charge is 2.11. The van der Waals surface area contributed by atoms with E-state index in [1.165, 1.54) is 0 Å². The Morgan fingerprint density at radius 3 is 2.80 bits per heavy atom. The summed E-state index contributed by atoms with van der Waals surface area (Å²) < 4.78 is 0. The Morgan fingerprint density at radius 1 is 1.24 bits per heavy atom. The van der Waals surface area contributed by atoms with Gasteiger partial charge in [-0.25, -0.2) is 4.98 Å². The van der Waals surface area contributed by atoms with E-state index in [-0.39, 0.29) is 5.56 Å². The highest BCUT2D eigenvalue weighted by Crippen LogP contribution is 2.12. The molecule has 3 rings (SSSR count). The molecule has 25 heavy (non-hydrogen) atoms. The van der Waals surface area contributed by atoms with Gasteiger partial charge in [0.2, 0.25) is 0 Å². The van der Waals surface area contributed by atoms with E-state index in [0.717, 1.165) is 11.3 Å². The summed E-state index contributed by atoms with van der Waals surface area (Å²) in [6.07, 6.45) is 0. The van der Waals surface area contributed by atoms with E-state index < -0.39 is 0 Å². The number of nitrogens with zero attached hydrogens (tertiary/aromatic N) is 2. The molecule has 0 fully saturated rings. The third-order valence-electron chi connectivity index (χ3n) is 3.94. The first-order chi connectivity index (χ1) is 12.1. The summed E-state index contributed by atoms with van der Waals surface area (Å²) in [7, 11) is 0. The topological polar surface area (TPSA) is 61.0 Å². The molecule has 128 valence electrons. The first-order valence-corrected chi connectivity index (χ1v) is 8.58. The molecule has 0 saturated carbocycles. The van der Waals surface area contributed by atoms with Gasteiger partial charge >= 0.3 is 0 Å². The maximum Gasteiger partial charge on any atom is 0.258 e. The molecule has 0 aliphatic heterocycles. The Bertz CT molecular complexity index is 967. The van der Waals surface area contributed by atoms with Gasteiger partial charge in [0.15, 0.2) is 5.11 Å². The molecule has 5 nitrogen and oxygen atoms in total. The minimum Gasteiger partial charge on any atom is -0.342 e. The van der Waals surface area contributed by atoms with Crippen LogP contribution in [0.3, 0.4) is 0 Å². The van der Waals surface area contributed by atoms with Crippen molar-refractivity contribution in [2.45, 2.75) is 20.4 Å². The lowest BCUT2D eigenvalue weighted by Gasteiger charge is -2.24. The van der Waals surface area contributed by atoms with Crippen molar-refractivity contribution >= 4 is 33.9 Å². The molecule has 0 amide bonds. The Labute approximate surface area is 151 Å². The Morgan fingerprint density at radius 2 is 2.04 bits per heavy atom. The molecule has 0 bridgehead atoms. The van der Waals surface area contributed by atoms with Gasteiger partial charge in [-0.05, 0) is 55.9 Å². The Hall–Kier alpha value is -2.73. The SMILES string of the molecule is CCN(Cc1nc2ccccc2c(=O)[nH]1)C(=S)Nc1cccc(C)c1. The molecule has 6 heteroatoms. The van der Waals surface area contributed by atoms with E-state index in [2.05, 4.69) is 15.3 Å². The minimum absolute atomic E-state index is 0.130. The monoisotopic (exact) mass is 352 g/mol. The highest BCUT2D eigenvalue weighted by molar-refractivity contribution is 7.80. The number of thiocarbonyl (C=S) groups is 1. The highest BCUT2D eigenvalue weighted by atomic mass is 32.1. The summed E-state index contributed by atoms with van der Waals surface area (Å²) in [4.78, 5) is 21.6. The number of aromatic amines is 1.